The lowest BCUT2D eigenvalue weighted by Crippen LogP contribution is -2.10. The highest BCUT2D eigenvalue weighted by molar-refractivity contribution is 5.47. The molecule has 0 aliphatic carbocycles. The first-order valence-electron chi connectivity index (χ1n) is 6.03. The van der Waals surface area contributed by atoms with Crippen LogP contribution in [0.15, 0.2) is 36.9 Å². The van der Waals surface area contributed by atoms with Crippen molar-refractivity contribution >= 4 is 5.69 Å². The molecule has 0 saturated heterocycles. The first kappa shape index (κ1) is 14.4. The molecule has 1 N–H and O–H groups in total. The molecule has 2 aromatic rings. The minimum absolute atomic E-state index is 0.134. The molecule has 1 aromatic carbocycles. The van der Waals surface area contributed by atoms with E-state index in [0.29, 0.717) is 19.5 Å². The molecule has 0 aliphatic rings. The monoisotopic (exact) mass is 287 g/mol. The molecule has 0 fully saturated rings. The number of alkyl halides is 3. The van der Waals surface area contributed by atoms with Crippen LogP contribution in [0.4, 0.5) is 23.2 Å². The van der Waals surface area contributed by atoms with Crippen LogP contribution in [0.3, 0.4) is 0 Å². The summed E-state index contributed by atoms with van der Waals surface area (Å²) < 4.78 is 52.8. The molecular weight excluding hydrogens is 274 g/mol. The van der Waals surface area contributed by atoms with Gasteiger partial charge in [-0.3, -0.25) is 0 Å². The Hall–Kier alpha value is -2.05. The zero-order valence-corrected chi connectivity index (χ0v) is 10.5. The molecule has 0 bridgehead atoms. The molecular formula is C13H13F4N3. The summed E-state index contributed by atoms with van der Waals surface area (Å²) in [5, 5.41) is 2.68. The van der Waals surface area contributed by atoms with Crippen LogP contribution in [-0.4, -0.2) is 16.1 Å². The van der Waals surface area contributed by atoms with Gasteiger partial charge in [-0.05, 0) is 24.6 Å². The van der Waals surface area contributed by atoms with E-state index in [2.05, 4.69) is 10.3 Å². The number of aromatic nitrogens is 2. The Balaban J connectivity index is 1.91. The lowest BCUT2D eigenvalue weighted by Gasteiger charge is -2.11. The van der Waals surface area contributed by atoms with E-state index in [0.717, 1.165) is 18.2 Å². The summed E-state index contributed by atoms with van der Waals surface area (Å²) in [5.74, 6) is -0.694. The largest absolute Gasteiger partial charge is 0.416 e. The lowest BCUT2D eigenvalue weighted by atomic mass is 10.2. The summed E-state index contributed by atoms with van der Waals surface area (Å²) in [6.45, 7) is 1.03. The molecule has 0 radical (unpaired) electrons. The van der Waals surface area contributed by atoms with Crippen molar-refractivity contribution in [3.8, 4) is 0 Å². The zero-order valence-electron chi connectivity index (χ0n) is 10.5. The van der Waals surface area contributed by atoms with E-state index < -0.39 is 17.6 Å². The van der Waals surface area contributed by atoms with Crippen LogP contribution >= 0.6 is 0 Å². The maximum atomic E-state index is 13.4. The van der Waals surface area contributed by atoms with Gasteiger partial charge in [0.1, 0.15) is 5.82 Å². The van der Waals surface area contributed by atoms with E-state index in [-0.39, 0.29) is 5.69 Å². The van der Waals surface area contributed by atoms with E-state index in [1.54, 1.807) is 18.7 Å². The van der Waals surface area contributed by atoms with Crippen molar-refractivity contribution in [2.75, 3.05) is 11.9 Å². The Kier molecular flexibility index (Phi) is 4.26. The molecule has 0 spiro atoms. The van der Waals surface area contributed by atoms with E-state index in [4.69, 9.17) is 0 Å². The lowest BCUT2D eigenvalue weighted by molar-refractivity contribution is -0.137. The van der Waals surface area contributed by atoms with Gasteiger partial charge in [0.2, 0.25) is 0 Å². The highest BCUT2D eigenvalue weighted by atomic mass is 19.4. The van der Waals surface area contributed by atoms with Gasteiger partial charge in [-0.2, -0.15) is 13.2 Å². The minimum atomic E-state index is -4.47. The quantitative estimate of drug-likeness (QED) is 0.673. The minimum Gasteiger partial charge on any atom is -0.383 e. The second kappa shape index (κ2) is 5.94. The number of aryl methyl sites for hydroxylation is 1. The highest BCUT2D eigenvalue weighted by Crippen LogP contribution is 2.31. The Morgan fingerprint density at radius 3 is 2.70 bits per heavy atom. The molecule has 3 nitrogen and oxygen atoms in total. The fraction of sp³-hybridized carbons (Fsp3) is 0.308. The standard InChI is InChI=1S/C13H13F4N3/c14-11-3-2-10(13(15,16)17)8-12(11)19-4-1-6-20-7-5-18-9-20/h2-3,5,7-9,19H,1,4,6H2. The molecule has 1 aromatic heterocycles. The van der Waals surface area contributed by atoms with Gasteiger partial charge in [0, 0.05) is 25.5 Å². The Labute approximate surface area is 113 Å². The average molecular weight is 287 g/mol. The smallest absolute Gasteiger partial charge is 0.383 e. The van der Waals surface area contributed by atoms with E-state index in [9.17, 15) is 17.6 Å². The van der Waals surface area contributed by atoms with Crippen LogP contribution in [0, 0.1) is 5.82 Å². The van der Waals surface area contributed by atoms with Gasteiger partial charge in [0.05, 0.1) is 17.6 Å². The van der Waals surface area contributed by atoms with Gasteiger partial charge in [-0.1, -0.05) is 0 Å². The normalized spacial score (nSPS) is 11.6. The topological polar surface area (TPSA) is 29.9 Å². The third-order valence-electron chi connectivity index (χ3n) is 2.76. The molecule has 0 saturated carbocycles. The summed E-state index contributed by atoms with van der Waals surface area (Å²) in [4.78, 5) is 3.87. The Morgan fingerprint density at radius 2 is 2.05 bits per heavy atom. The number of nitrogens with one attached hydrogen (secondary N) is 1. The van der Waals surface area contributed by atoms with Crippen LogP contribution in [-0.2, 0) is 12.7 Å². The first-order valence-corrected chi connectivity index (χ1v) is 6.03. The third kappa shape index (κ3) is 3.72. The maximum Gasteiger partial charge on any atom is 0.416 e. The number of halogens is 4. The van der Waals surface area contributed by atoms with Gasteiger partial charge in [-0.15, -0.1) is 0 Å². The Bertz CT molecular complexity index is 549. The summed E-state index contributed by atoms with van der Waals surface area (Å²) in [6, 6.07) is 2.33. The molecule has 7 heteroatoms. The molecule has 0 aliphatic heterocycles. The van der Waals surface area contributed by atoms with Crippen LogP contribution in [0.1, 0.15) is 12.0 Å². The highest BCUT2D eigenvalue weighted by Gasteiger charge is 2.31. The number of nitrogens with zero attached hydrogens (tertiary/aromatic N) is 2. The summed E-state index contributed by atoms with van der Waals surface area (Å²) in [7, 11) is 0. The van der Waals surface area contributed by atoms with E-state index in [1.165, 1.54) is 0 Å². The van der Waals surface area contributed by atoms with Crippen molar-refractivity contribution in [2.24, 2.45) is 0 Å². The number of hydrogen-bond donors (Lipinski definition) is 1. The van der Waals surface area contributed by atoms with Crippen LogP contribution in [0.2, 0.25) is 0 Å². The average Bonchev–Trinajstić information content (AvgIpc) is 2.88. The maximum absolute atomic E-state index is 13.4. The van der Waals surface area contributed by atoms with Crippen molar-refractivity contribution in [3.63, 3.8) is 0 Å². The summed E-state index contributed by atoms with van der Waals surface area (Å²) in [5.41, 5.74) is -0.999. The molecule has 108 valence electrons. The van der Waals surface area contributed by atoms with E-state index in [1.807, 2.05) is 4.57 Å². The Morgan fingerprint density at radius 1 is 1.25 bits per heavy atom. The fourth-order valence-electron chi connectivity index (χ4n) is 1.74. The second-order valence-electron chi connectivity index (χ2n) is 4.27. The van der Waals surface area contributed by atoms with E-state index >= 15 is 0 Å². The van der Waals surface area contributed by atoms with Crippen LogP contribution < -0.4 is 5.32 Å². The summed E-state index contributed by atoms with van der Waals surface area (Å²) >= 11 is 0. The number of rotatable bonds is 5. The fourth-order valence-corrected chi connectivity index (χ4v) is 1.74. The van der Waals surface area contributed by atoms with Crippen molar-refractivity contribution < 1.29 is 17.6 Å². The van der Waals surface area contributed by atoms with Crippen molar-refractivity contribution in [3.05, 3.63) is 48.3 Å². The van der Waals surface area contributed by atoms with Crippen molar-refractivity contribution in [1.82, 2.24) is 9.55 Å². The predicted molar refractivity (Wildman–Crippen MR) is 66.7 cm³/mol. The molecule has 0 atom stereocenters. The van der Waals surface area contributed by atoms with Gasteiger partial charge in [-0.25, -0.2) is 9.37 Å². The van der Waals surface area contributed by atoms with Gasteiger partial charge in [0.25, 0.3) is 0 Å². The molecule has 1 heterocycles. The SMILES string of the molecule is Fc1ccc(C(F)(F)F)cc1NCCCn1ccnc1. The molecule has 0 unspecified atom stereocenters. The number of anilines is 1. The number of imidazole rings is 1. The molecule has 20 heavy (non-hydrogen) atoms. The second-order valence-corrected chi connectivity index (χ2v) is 4.27. The van der Waals surface area contributed by atoms with Gasteiger partial charge >= 0.3 is 6.18 Å². The van der Waals surface area contributed by atoms with Gasteiger partial charge in [0.15, 0.2) is 0 Å². The number of hydrogen-bond acceptors (Lipinski definition) is 2. The van der Waals surface area contributed by atoms with Gasteiger partial charge < -0.3 is 9.88 Å². The van der Waals surface area contributed by atoms with Crippen molar-refractivity contribution in [2.45, 2.75) is 19.1 Å². The van der Waals surface area contributed by atoms with Crippen molar-refractivity contribution in [1.29, 1.82) is 0 Å². The zero-order chi connectivity index (χ0) is 14.6. The number of benzene rings is 1. The van der Waals surface area contributed by atoms with Crippen LogP contribution in [0.25, 0.3) is 0 Å². The third-order valence-corrected chi connectivity index (χ3v) is 2.76. The van der Waals surface area contributed by atoms with Crippen LogP contribution in [0.5, 0.6) is 0 Å². The predicted octanol–water partition coefficient (Wildman–Crippen LogP) is 3.54. The molecule has 2 rings (SSSR count). The summed E-state index contributed by atoms with van der Waals surface area (Å²) in [6.07, 6.45) is 1.24. The first-order chi connectivity index (χ1) is 9.47. The molecule has 0 amide bonds.